The van der Waals surface area contributed by atoms with Crippen molar-refractivity contribution in [1.82, 2.24) is 10.3 Å². The molecule has 106 valence electrons. The number of hydrogen-bond acceptors (Lipinski definition) is 4. The molecule has 0 aliphatic carbocycles. The van der Waals surface area contributed by atoms with E-state index in [2.05, 4.69) is 28.8 Å². The number of nitrogens with one attached hydrogen (secondary N) is 2. The second kappa shape index (κ2) is 9.67. The van der Waals surface area contributed by atoms with E-state index in [1.165, 1.54) is 0 Å². The standard InChI is InChI=1S/C14H23N3OS/c1-3-7-16-13-6-9-15-11-12(13)14(18)17-8-4-5-10-19-2/h6,9,11H,3-5,7-8,10H2,1-2H3,(H,15,16)(H,17,18). The molecule has 0 aliphatic heterocycles. The summed E-state index contributed by atoms with van der Waals surface area (Å²) in [6, 6.07) is 1.85. The second-order valence-electron chi connectivity index (χ2n) is 4.30. The van der Waals surface area contributed by atoms with Gasteiger partial charge in [0.1, 0.15) is 0 Å². The highest BCUT2D eigenvalue weighted by molar-refractivity contribution is 7.98. The van der Waals surface area contributed by atoms with Gasteiger partial charge in [0.15, 0.2) is 0 Å². The van der Waals surface area contributed by atoms with Crippen LogP contribution in [-0.2, 0) is 0 Å². The number of amides is 1. The van der Waals surface area contributed by atoms with Gasteiger partial charge >= 0.3 is 0 Å². The Hall–Kier alpha value is -1.23. The Morgan fingerprint density at radius 2 is 2.21 bits per heavy atom. The molecule has 0 bridgehead atoms. The first-order valence-electron chi connectivity index (χ1n) is 6.74. The summed E-state index contributed by atoms with van der Waals surface area (Å²) in [6.45, 7) is 3.68. The maximum Gasteiger partial charge on any atom is 0.254 e. The number of aromatic nitrogens is 1. The summed E-state index contributed by atoms with van der Waals surface area (Å²) in [5.74, 6) is 1.10. The predicted molar refractivity (Wildman–Crippen MR) is 83.0 cm³/mol. The number of anilines is 1. The van der Waals surface area contributed by atoms with Crippen LogP contribution in [-0.4, -0.2) is 36.0 Å². The average molecular weight is 281 g/mol. The first-order chi connectivity index (χ1) is 9.29. The normalized spacial score (nSPS) is 10.2. The molecule has 1 aromatic heterocycles. The second-order valence-corrected chi connectivity index (χ2v) is 5.29. The van der Waals surface area contributed by atoms with Crippen LogP contribution >= 0.6 is 11.8 Å². The lowest BCUT2D eigenvalue weighted by Gasteiger charge is -2.11. The van der Waals surface area contributed by atoms with Gasteiger partial charge in [-0.15, -0.1) is 0 Å². The minimum Gasteiger partial charge on any atom is -0.384 e. The Morgan fingerprint density at radius 1 is 1.37 bits per heavy atom. The Morgan fingerprint density at radius 3 is 2.95 bits per heavy atom. The highest BCUT2D eigenvalue weighted by atomic mass is 32.2. The highest BCUT2D eigenvalue weighted by Gasteiger charge is 2.10. The molecule has 0 radical (unpaired) electrons. The molecule has 0 saturated carbocycles. The van der Waals surface area contributed by atoms with E-state index in [1.54, 1.807) is 12.4 Å². The molecule has 1 aromatic rings. The lowest BCUT2D eigenvalue weighted by Crippen LogP contribution is -2.25. The SMILES string of the molecule is CCCNc1ccncc1C(=O)NCCCCSC. The number of unbranched alkanes of at least 4 members (excludes halogenated alkanes) is 1. The van der Waals surface area contributed by atoms with E-state index in [1.807, 2.05) is 17.8 Å². The quantitative estimate of drug-likeness (QED) is 0.683. The van der Waals surface area contributed by atoms with Crippen LogP contribution in [0.1, 0.15) is 36.5 Å². The van der Waals surface area contributed by atoms with Crippen LogP contribution in [0.3, 0.4) is 0 Å². The molecule has 1 amide bonds. The zero-order chi connectivity index (χ0) is 13.9. The molecule has 4 nitrogen and oxygen atoms in total. The molecular formula is C14H23N3OS. The van der Waals surface area contributed by atoms with Gasteiger partial charge < -0.3 is 10.6 Å². The summed E-state index contributed by atoms with van der Waals surface area (Å²) in [5, 5.41) is 6.20. The Labute approximate surface area is 119 Å². The molecule has 0 unspecified atom stereocenters. The van der Waals surface area contributed by atoms with E-state index < -0.39 is 0 Å². The summed E-state index contributed by atoms with van der Waals surface area (Å²) in [6.07, 6.45) is 8.60. The monoisotopic (exact) mass is 281 g/mol. The first-order valence-corrected chi connectivity index (χ1v) is 8.14. The van der Waals surface area contributed by atoms with E-state index in [0.29, 0.717) is 5.56 Å². The maximum absolute atomic E-state index is 12.1. The number of hydrogen-bond donors (Lipinski definition) is 2. The summed E-state index contributed by atoms with van der Waals surface area (Å²) < 4.78 is 0. The smallest absolute Gasteiger partial charge is 0.254 e. The van der Waals surface area contributed by atoms with Crippen molar-refractivity contribution in [1.29, 1.82) is 0 Å². The third-order valence-corrected chi connectivity index (χ3v) is 3.39. The predicted octanol–water partition coefficient (Wildman–Crippen LogP) is 2.78. The summed E-state index contributed by atoms with van der Waals surface area (Å²) in [4.78, 5) is 16.1. The minimum absolute atomic E-state index is 0.0455. The van der Waals surface area contributed by atoms with Crippen molar-refractivity contribution >= 4 is 23.4 Å². The first kappa shape index (κ1) is 15.8. The van der Waals surface area contributed by atoms with Gasteiger partial charge in [-0.2, -0.15) is 11.8 Å². The summed E-state index contributed by atoms with van der Waals surface area (Å²) >= 11 is 1.84. The number of nitrogens with zero attached hydrogens (tertiary/aromatic N) is 1. The molecule has 0 atom stereocenters. The van der Waals surface area contributed by atoms with E-state index in [4.69, 9.17) is 0 Å². The van der Waals surface area contributed by atoms with Gasteiger partial charge in [0.25, 0.3) is 5.91 Å². The number of carbonyl (C=O) groups excluding carboxylic acids is 1. The molecule has 0 aliphatic rings. The maximum atomic E-state index is 12.1. The van der Waals surface area contributed by atoms with E-state index in [9.17, 15) is 4.79 Å². The van der Waals surface area contributed by atoms with Gasteiger partial charge in [-0.05, 0) is 37.3 Å². The lowest BCUT2D eigenvalue weighted by atomic mass is 10.2. The van der Waals surface area contributed by atoms with Crippen LogP contribution in [0.4, 0.5) is 5.69 Å². The fourth-order valence-electron chi connectivity index (χ4n) is 1.66. The average Bonchev–Trinajstić information content (AvgIpc) is 2.45. The van der Waals surface area contributed by atoms with Crippen molar-refractivity contribution < 1.29 is 4.79 Å². The third-order valence-electron chi connectivity index (χ3n) is 2.69. The molecule has 0 aromatic carbocycles. The number of thioether (sulfide) groups is 1. The summed E-state index contributed by atoms with van der Waals surface area (Å²) in [7, 11) is 0. The molecule has 0 fully saturated rings. The zero-order valence-corrected chi connectivity index (χ0v) is 12.6. The van der Waals surface area contributed by atoms with Crippen molar-refractivity contribution in [2.75, 3.05) is 30.4 Å². The fourth-order valence-corrected chi connectivity index (χ4v) is 2.15. The van der Waals surface area contributed by atoms with Crippen molar-refractivity contribution in [3.63, 3.8) is 0 Å². The Bertz CT molecular complexity index is 385. The molecule has 5 heteroatoms. The van der Waals surface area contributed by atoms with Gasteiger partial charge in [0.2, 0.25) is 0 Å². The van der Waals surface area contributed by atoms with Gasteiger partial charge in [0.05, 0.1) is 11.3 Å². The van der Waals surface area contributed by atoms with Crippen molar-refractivity contribution in [3.05, 3.63) is 24.0 Å². The fraction of sp³-hybridized carbons (Fsp3) is 0.571. The number of carbonyl (C=O) groups is 1. The molecule has 19 heavy (non-hydrogen) atoms. The van der Waals surface area contributed by atoms with Crippen molar-refractivity contribution in [2.45, 2.75) is 26.2 Å². The van der Waals surface area contributed by atoms with E-state index in [0.717, 1.165) is 43.8 Å². The highest BCUT2D eigenvalue weighted by Crippen LogP contribution is 2.13. The molecule has 2 N–H and O–H groups in total. The number of rotatable bonds is 9. The molecule has 1 heterocycles. The van der Waals surface area contributed by atoms with Crippen LogP contribution < -0.4 is 10.6 Å². The van der Waals surface area contributed by atoms with Crippen LogP contribution in [0.2, 0.25) is 0 Å². The van der Waals surface area contributed by atoms with Gasteiger partial charge in [-0.25, -0.2) is 0 Å². The molecule has 1 rings (SSSR count). The van der Waals surface area contributed by atoms with Crippen LogP contribution in [0, 0.1) is 0 Å². The van der Waals surface area contributed by atoms with Gasteiger partial charge in [-0.3, -0.25) is 9.78 Å². The Balaban J connectivity index is 2.46. The zero-order valence-electron chi connectivity index (χ0n) is 11.7. The van der Waals surface area contributed by atoms with Crippen LogP contribution in [0.25, 0.3) is 0 Å². The van der Waals surface area contributed by atoms with Crippen molar-refractivity contribution in [2.24, 2.45) is 0 Å². The van der Waals surface area contributed by atoms with Gasteiger partial charge in [0, 0.05) is 25.5 Å². The van der Waals surface area contributed by atoms with E-state index in [-0.39, 0.29) is 5.91 Å². The van der Waals surface area contributed by atoms with Crippen molar-refractivity contribution in [3.8, 4) is 0 Å². The largest absolute Gasteiger partial charge is 0.384 e. The lowest BCUT2D eigenvalue weighted by molar-refractivity contribution is 0.0953. The third kappa shape index (κ3) is 5.96. The minimum atomic E-state index is -0.0455. The van der Waals surface area contributed by atoms with Crippen LogP contribution in [0.15, 0.2) is 18.5 Å². The van der Waals surface area contributed by atoms with Crippen LogP contribution in [0.5, 0.6) is 0 Å². The molecular weight excluding hydrogens is 258 g/mol. The summed E-state index contributed by atoms with van der Waals surface area (Å²) in [5.41, 5.74) is 1.49. The molecule has 0 saturated heterocycles. The topological polar surface area (TPSA) is 54.0 Å². The molecule has 0 spiro atoms. The van der Waals surface area contributed by atoms with Gasteiger partial charge in [-0.1, -0.05) is 6.92 Å². The van der Waals surface area contributed by atoms with E-state index >= 15 is 0 Å². The Kier molecular flexibility index (Phi) is 8.05. The number of pyridine rings is 1.